The second-order valence-electron chi connectivity index (χ2n) is 5.58. The van der Waals surface area contributed by atoms with Gasteiger partial charge in [-0.05, 0) is 19.1 Å². The molecule has 0 spiro atoms. The van der Waals surface area contributed by atoms with Gasteiger partial charge in [0.1, 0.15) is 0 Å². The second kappa shape index (κ2) is 6.47. The number of carbonyl (C=O) groups excluding carboxylic acids is 3. The lowest BCUT2D eigenvalue weighted by Crippen LogP contribution is -2.24. The lowest BCUT2D eigenvalue weighted by molar-refractivity contribution is -0.141. The Hall–Kier alpha value is -3.42. The second-order valence-corrected chi connectivity index (χ2v) is 5.58. The molecule has 1 aliphatic heterocycles. The molecule has 1 atom stereocenters. The number of fused-ring (bicyclic) bond motifs is 3. The Bertz CT molecular complexity index is 1030. The maximum absolute atomic E-state index is 12.5. The largest absolute Gasteiger partial charge is 0.466 e. The first kappa shape index (κ1) is 17.4. The number of carbonyl (C=O) groups is 3. The fourth-order valence-corrected chi connectivity index (χ4v) is 2.92. The normalized spacial score (nSPS) is 16.2. The fraction of sp³-hybridized carbons (Fsp3) is 0.222. The summed E-state index contributed by atoms with van der Waals surface area (Å²) in [5, 5.41) is 0.360. The maximum atomic E-state index is 12.5. The topological polar surface area (TPSA) is 101 Å². The van der Waals surface area contributed by atoms with E-state index in [1.54, 1.807) is 24.3 Å². The zero-order chi connectivity index (χ0) is 19.0. The summed E-state index contributed by atoms with van der Waals surface area (Å²) in [6.45, 7) is 1.53. The summed E-state index contributed by atoms with van der Waals surface area (Å²) in [7, 11) is 2.27. The Labute approximate surface area is 147 Å². The quantitative estimate of drug-likeness (QED) is 0.597. The minimum atomic E-state index is -1.28. The van der Waals surface area contributed by atoms with Crippen molar-refractivity contribution in [1.29, 1.82) is 0 Å². The van der Waals surface area contributed by atoms with E-state index in [0.717, 1.165) is 20.3 Å². The van der Waals surface area contributed by atoms with Crippen LogP contribution in [0.3, 0.4) is 0 Å². The SMILES string of the molecule is COC(=O)/C=C(/C(=O)OC)[C@@H]1C(=O)Oc2c(C)c(=O)c3ccccc3n21. The molecule has 0 N–H and O–H groups in total. The molecular weight excluding hydrogens is 342 g/mol. The van der Waals surface area contributed by atoms with Crippen molar-refractivity contribution in [1.82, 2.24) is 4.57 Å². The van der Waals surface area contributed by atoms with E-state index in [-0.39, 0.29) is 22.4 Å². The van der Waals surface area contributed by atoms with Gasteiger partial charge in [-0.3, -0.25) is 9.36 Å². The molecule has 0 amide bonds. The number of esters is 3. The van der Waals surface area contributed by atoms with Crippen molar-refractivity contribution in [3.63, 3.8) is 0 Å². The molecule has 0 unspecified atom stereocenters. The Morgan fingerprint density at radius 2 is 1.85 bits per heavy atom. The number of para-hydroxylation sites is 1. The van der Waals surface area contributed by atoms with Crippen LogP contribution in [0.15, 0.2) is 40.7 Å². The Kier molecular flexibility index (Phi) is 4.33. The molecule has 134 valence electrons. The number of pyridine rings is 1. The van der Waals surface area contributed by atoms with Gasteiger partial charge < -0.3 is 14.2 Å². The van der Waals surface area contributed by atoms with Crippen molar-refractivity contribution in [2.45, 2.75) is 13.0 Å². The number of benzene rings is 1. The number of hydrogen-bond acceptors (Lipinski definition) is 7. The first-order valence-corrected chi connectivity index (χ1v) is 7.64. The van der Waals surface area contributed by atoms with Crippen molar-refractivity contribution in [3.05, 3.63) is 51.7 Å². The maximum Gasteiger partial charge on any atom is 0.340 e. The van der Waals surface area contributed by atoms with Crippen LogP contribution in [-0.4, -0.2) is 36.7 Å². The minimum absolute atomic E-state index is 0.0309. The number of rotatable bonds is 3. The van der Waals surface area contributed by atoms with Gasteiger partial charge in [-0.1, -0.05) is 12.1 Å². The first-order chi connectivity index (χ1) is 12.4. The van der Waals surface area contributed by atoms with Crippen molar-refractivity contribution in [2.24, 2.45) is 0 Å². The summed E-state index contributed by atoms with van der Waals surface area (Å²) in [4.78, 5) is 48.9. The molecule has 1 aromatic carbocycles. The number of aromatic nitrogens is 1. The van der Waals surface area contributed by atoms with Gasteiger partial charge in [-0.25, -0.2) is 14.4 Å². The Morgan fingerprint density at radius 3 is 2.50 bits per heavy atom. The molecule has 8 heteroatoms. The predicted octanol–water partition coefficient (Wildman–Crippen LogP) is 1.04. The molecule has 1 aliphatic rings. The van der Waals surface area contributed by atoms with E-state index in [2.05, 4.69) is 4.74 Å². The van der Waals surface area contributed by atoms with E-state index >= 15 is 0 Å². The van der Waals surface area contributed by atoms with E-state index < -0.39 is 23.9 Å². The predicted molar refractivity (Wildman–Crippen MR) is 89.7 cm³/mol. The zero-order valence-corrected chi connectivity index (χ0v) is 14.3. The monoisotopic (exact) mass is 357 g/mol. The van der Waals surface area contributed by atoms with Crippen molar-refractivity contribution < 1.29 is 28.6 Å². The van der Waals surface area contributed by atoms with Gasteiger partial charge in [0.05, 0.1) is 30.9 Å². The highest BCUT2D eigenvalue weighted by Crippen LogP contribution is 2.37. The summed E-state index contributed by atoms with van der Waals surface area (Å²) >= 11 is 0. The number of hydrogen-bond donors (Lipinski definition) is 0. The highest BCUT2D eigenvalue weighted by Gasteiger charge is 2.41. The molecule has 0 bridgehead atoms. The van der Waals surface area contributed by atoms with Crippen molar-refractivity contribution >= 4 is 28.8 Å². The summed E-state index contributed by atoms with van der Waals surface area (Å²) < 4.78 is 15.9. The van der Waals surface area contributed by atoms with Crippen LogP contribution < -0.4 is 10.2 Å². The van der Waals surface area contributed by atoms with Crippen LogP contribution in [0.1, 0.15) is 11.6 Å². The van der Waals surface area contributed by atoms with Crippen LogP contribution in [0, 0.1) is 6.92 Å². The highest BCUT2D eigenvalue weighted by atomic mass is 16.6. The molecule has 0 saturated carbocycles. The third-order valence-corrected chi connectivity index (χ3v) is 4.16. The number of nitrogens with zero attached hydrogens (tertiary/aromatic N) is 1. The molecule has 8 nitrogen and oxygen atoms in total. The van der Waals surface area contributed by atoms with Crippen LogP contribution in [-0.2, 0) is 23.9 Å². The lowest BCUT2D eigenvalue weighted by Gasteiger charge is -2.16. The van der Waals surface area contributed by atoms with Crippen LogP contribution in [0.25, 0.3) is 10.9 Å². The Morgan fingerprint density at radius 1 is 1.15 bits per heavy atom. The standard InChI is InChI=1S/C18H15NO7/c1-9-15(21)10-6-4-5-7-12(10)19-14(18(23)26-16(9)19)11(17(22)25-3)8-13(20)24-2/h4-8,14H,1-3H3/b11-8+/t14-/m1/s1. The molecule has 0 saturated heterocycles. The van der Waals surface area contributed by atoms with Crippen LogP contribution in [0.2, 0.25) is 0 Å². The lowest BCUT2D eigenvalue weighted by atomic mass is 10.0. The van der Waals surface area contributed by atoms with Crippen LogP contribution in [0.4, 0.5) is 0 Å². The van der Waals surface area contributed by atoms with Gasteiger partial charge >= 0.3 is 17.9 Å². The van der Waals surface area contributed by atoms with Crippen LogP contribution >= 0.6 is 0 Å². The number of methoxy groups -OCH3 is 2. The van der Waals surface area contributed by atoms with Gasteiger partial charge in [0.25, 0.3) is 0 Å². The molecule has 26 heavy (non-hydrogen) atoms. The molecular formula is C18H15NO7. The summed E-state index contributed by atoms with van der Waals surface area (Å²) in [6.07, 6.45) is 0.884. The van der Waals surface area contributed by atoms with E-state index in [9.17, 15) is 19.2 Å². The van der Waals surface area contributed by atoms with Gasteiger partial charge in [0.15, 0.2) is 11.5 Å². The summed E-state index contributed by atoms with van der Waals surface area (Å²) in [5.41, 5.74) is 0.0867. The molecule has 2 aromatic rings. The van der Waals surface area contributed by atoms with Gasteiger partial charge in [-0.15, -0.1) is 0 Å². The van der Waals surface area contributed by atoms with Gasteiger partial charge in [-0.2, -0.15) is 0 Å². The molecule has 2 heterocycles. The first-order valence-electron chi connectivity index (χ1n) is 7.64. The third-order valence-electron chi connectivity index (χ3n) is 4.16. The van der Waals surface area contributed by atoms with E-state index in [0.29, 0.717) is 10.9 Å². The van der Waals surface area contributed by atoms with Gasteiger partial charge in [0, 0.05) is 11.5 Å². The molecule has 3 rings (SSSR count). The number of ether oxygens (including phenoxy) is 3. The average Bonchev–Trinajstić information content (AvgIpc) is 3.00. The van der Waals surface area contributed by atoms with Crippen molar-refractivity contribution in [3.8, 4) is 5.88 Å². The molecule has 0 radical (unpaired) electrons. The van der Waals surface area contributed by atoms with E-state index in [1.807, 2.05) is 0 Å². The van der Waals surface area contributed by atoms with Gasteiger partial charge in [0.2, 0.25) is 5.88 Å². The molecule has 1 aromatic heterocycles. The highest BCUT2D eigenvalue weighted by molar-refractivity contribution is 6.04. The summed E-state index contributed by atoms with van der Waals surface area (Å²) in [6, 6.07) is 5.34. The zero-order valence-electron chi connectivity index (χ0n) is 14.3. The molecule has 0 aliphatic carbocycles. The minimum Gasteiger partial charge on any atom is -0.466 e. The average molecular weight is 357 g/mol. The van der Waals surface area contributed by atoms with E-state index in [4.69, 9.17) is 9.47 Å². The van der Waals surface area contributed by atoms with E-state index in [1.165, 1.54) is 11.5 Å². The Balaban J connectivity index is 2.35. The molecule has 0 fully saturated rings. The smallest absolute Gasteiger partial charge is 0.340 e. The third kappa shape index (κ3) is 2.55. The summed E-state index contributed by atoms with van der Waals surface area (Å²) in [5.74, 6) is -2.48. The van der Waals surface area contributed by atoms with Crippen LogP contribution in [0.5, 0.6) is 5.88 Å². The fourth-order valence-electron chi connectivity index (χ4n) is 2.92. The van der Waals surface area contributed by atoms with Crippen molar-refractivity contribution in [2.75, 3.05) is 14.2 Å².